The van der Waals surface area contributed by atoms with Crippen molar-refractivity contribution in [3.05, 3.63) is 23.8 Å². The second-order valence-electron chi connectivity index (χ2n) is 15.0. The van der Waals surface area contributed by atoms with Crippen LogP contribution in [0.4, 0.5) is 0 Å². The summed E-state index contributed by atoms with van der Waals surface area (Å²) in [5, 5.41) is 12.9. The first kappa shape index (κ1) is 36.3. The maximum atomic E-state index is 14.1. The van der Waals surface area contributed by atoms with Gasteiger partial charge in [-0.25, -0.2) is 4.79 Å². The first-order valence-corrected chi connectivity index (χ1v) is 17.2. The average molecular weight is 692 g/mol. The SMILES string of the molecule is CCN1C[C@]2(COC)CC[C@H](OC)[C@@]34[C@@H]5C[C@]6(O)[C@@H](OC)C[C@@](OC(C)=O)([C@H]5[C@H]6OC(=O)c5ccc(OC)c(OC)c5)[C@@H]([C@H](OC)[C@H]23)[C@H]14.O. The van der Waals surface area contributed by atoms with E-state index in [4.69, 9.17) is 37.9 Å². The fourth-order valence-corrected chi connectivity index (χ4v) is 12.7. The summed E-state index contributed by atoms with van der Waals surface area (Å²) in [5.41, 5.74) is -3.23. The number of carbonyl (C=O) groups excluding carboxylic acids is 2. The lowest BCUT2D eigenvalue weighted by Gasteiger charge is -2.69. The van der Waals surface area contributed by atoms with Gasteiger partial charge in [-0.2, -0.15) is 0 Å². The van der Waals surface area contributed by atoms with Crippen molar-refractivity contribution in [2.24, 2.45) is 34.5 Å². The number of nitrogens with zero attached hydrogens (tertiary/aromatic N) is 1. The highest BCUT2D eigenvalue weighted by Gasteiger charge is 2.89. The molecular weight excluding hydrogens is 638 g/mol. The van der Waals surface area contributed by atoms with E-state index in [0.717, 1.165) is 25.9 Å². The molecule has 5 saturated carbocycles. The van der Waals surface area contributed by atoms with Gasteiger partial charge in [-0.05, 0) is 49.9 Å². The molecule has 5 aliphatic carbocycles. The predicted molar refractivity (Wildman–Crippen MR) is 174 cm³/mol. The number of esters is 2. The van der Waals surface area contributed by atoms with Crippen molar-refractivity contribution in [3.8, 4) is 11.5 Å². The van der Waals surface area contributed by atoms with Crippen LogP contribution in [-0.4, -0.2) is 131 Å². The molecule has 1 saturated heterocycles. The number of hydrogen-bond donors (Lipinski definition) is 1. The van der Waals surface area contributed by atoms with E-state index in [1.807, 2.05) is 0 Å². The number of piperidine rings is 1. The number of aliphatic hydroxyl groups is 1. The summed E-state index contributed by atoms with van der Waals surface area (Å²) >= 11 is 0. The van der Waals surface area contributed by atoms with E-state index in [0.29, 0.717) is 24.5 Å². The minimum atomic E-state index is -1.55. The van der Waals surface area contributed by atoms with E-state index >= 15 is 0 Å². The van der Waals surface area contributed by atoms with Crippen molar-refractivity contribution >= 4 is 11.9 Å². The Morgan fingerprint density at radius 2 is 1.67 bits per heavy atom. The van der Waals surface area contributed by atoms with E-state index in [1.54, 1.807) is 46.6 Å². The van der Waals surface area contributed by atoms with Crippen LogP contribution in [0.5, 0.6) is 11.5 Å². The molecule has 1 aromatic rings. The third-order valence-corrected chi connectivity index (χ3v) is 13.6. The number of fused-ring (bicyclic) bond motifs is 2. The molecule has 49 heavy (non-hydrogen) atoms. The zero-order chi connectivity index (χ0) is 34.4. The Hall–Kier alpha value is -2.52. The zero-order valence-corrected chi connectivity index (χ0v) is 29.9. The zero-order valence-electron chi connectivity index (χ0n) is 29.9. The van der Waals surface area contributed by atoms with Gasteiger partial charge in [-0.1, -0.05) is 6.92 Å². The van der Waals surface area contributed by atoms with Crippen LogP contribution in [0.15, 0.2) is 18.2 Å². The van der Waals surface area contributed by atoms with Crippen LogP contribution in [0.2, 0.25) is 0 Å². The topological polar surface area (TPSA) is 163 Å². The van der Waals surface area contributed by atoms with E-state index in [9.17, 15) is 14.7 Å². The minimum Gasteiger partial charge on any atom is -0.493 e. The predicted octanol–water partition coefficient (Wildman–Crippen LogP) is 1.90. The van der Waals surface area contributed by atoms with E-state index in [-0.39, 0.29) is 58.9 Å². The lowest BCUT2D eigenvalue weighted by Crippen LogP contribution is -2.77. The second-order valence-corrected chi connectivity index (χ2v) is 15.0. The molecule has 13 nitrogen and oxygen atoms in total. The van der Waals surface area contributed by atoms with Gasteiger partial charge >= 0.3 is 11.9 Å². The van der Waals surface area contributed by atoms with Crippen LogP contribution in [0.1, 0.15) is 49.9 Å². The molecule has 0 unspecified atom stereocenters. The van der Waals surface area contributed by atoms with Gasteiger partial charge in [-0.15, -0.1) is 0 Å². The fraction of sp³-hybridized carbons (Fsp3) is 0.778. The highest BCUT2D eigenvalue weighted by Crippen LogP contribution is 2.80. The normalized spacial score (nSPS) is 44.1. The number of likely N-dealkylation sites (tertiary alicyclic amines) is 1. The number of carbonyl (C=O) groups is 2. The number of methoxy groups -OCH3 is 6. The van der Waals surface area contributed by atoms with Gasteiger partial charge in [0.25, 0.3) is 0 Å². The molecule has 1 heterocycles. The Bertz CT molecular complexity index is 1440. The molecule has 0 aromatic heterocycles. The van der Waals surface area contributed by atoms with Crippen LogP contribution in [0.25, 0.3) is 0 Å². The summed E-state index contributed by atoms with van der Waals surface area (Å²) in [6.07, 6.45) is -0.0408. The molecule has 0 radical (unpaired) electrons. The van der Waals surface area contributed by atoms with Gasteiger partial charge < -0.3 is 48.5 Å². The Morgan fingerprint density at radius 3 is 2.27 bits per heavy atom. The number of ether oxygens (including phenoxy) is 8. The summed E-state index contributed by atoms with van der Waals surface area (Å²) < 4.78 is 49.2. The summed E-state index contributed by atoms with van der Waals surface area (Å²) in [7, 11) is 9.88. The van der Waals surface area contributed by atoms with Crippen LogP contribution in [-0.2, 0) is 33.2 Å². The van der Waals surface area contributed by atoms with Gasteiger partial charge in [0, 0.05) is 83.0 Å². The molecule has 274 valence electrons. The second kappa shape index (κ2) is 12.6. The monoisotopic (exact) mass is 691 g/mol. The molecule has 13 atom stereocenters. The van der Waals surface area contributed by atoms with Crippen LogP contribution < -0.4 is 9.47 Å². The van der Waals surface area contributed by atoms with Crippen LogP contribution in [0, 0.1) is 34.5 Å². The minimum absolute atomic E-state index is 0. The molecule has 6 aliphatic rings. The molecule has 1 aliphatic heterocycles. The van der Waals surface area contributed by atoms with Crippen molar-refractivity contribution in [2.75, 3.05) is 62.4 Å². The van der Waals surface area contributed by atoms with E-state index in [2.05, 4.69) is 11.8 Å². The number of benzene rings is 1. The lowest BCUT2D eigenvalue weighted by atomic mass is 9.43. The highest BCUT2D eigenvalue weighted by atomic mass is 16.6. The number of hydrogen-bond acceptors (Lipinski definition) is 12. The standard InChI is InChI=1S/C36H51NO11.H2O/c1-9-37-17-33(18-41-3)13-12-24(44-6)36-21-15-34(40)25(45-7)16-35(48-19(2)38,27(30(36)37)28(46-8)29(33)36)26(21)31(34)47-32(39)20-10-11-22(42-4)23(14-20)43-5;/h10-11,14,21,24-31,40H,9,12-13,15-18H2,1-8H3;1H2/t21-,24+,25+,26-,27+,28+,29-,30+,31-,33+,34+,35-,36+;/m1./s1. The summed E-state index contributed by atoms with van der Waals surface area (Å²) in [6, 6.07) is 4.76. The van der Waals surface area contributed by atoms with E-state index in [1.165, 1.54) is 21.1 Å². The van der Waals surface area contributed by atoms with Crippen molar-refractivity contribution in [1.29, 1.82) is 0 Å². The third kappa shape index (κ3) is 4.48. The van der Waals surface area contributed by atoms with E-state index < -0.39 is 46.7 Å². The smallest absolute Gasteiger partial charge is 0.338 e. The Balaban J connectivity index is 0.00000417. The highest BCUT2D eigenvalue weighted by molar-refractivity contribution is 5.90. The summed E-state index contributed by atoms with van der Waals surface area (Å²) in [5.74, 6) is -1.32. The molecule has 13 heteroatoms. The Kier molecular flexibility index (Phi) is 9.33. The molecular formula is C36H53NO12. The summed E-state index contributed by atoms with van der Waals surface area (Å²) in [4.78, 5) is 29.9. The first-order chi connectivity index (χ1) is 23.0. The number of rotatable bonds is 11. The van der Waals surface area contributed by atoms with Crippen molar-refractivity contribution in [2.45, 2.75) is 81.2 Å². The maximum absolute atomic E-state index is 14.1. The first-order valence-electron chi connectivity index (χ1n) is 17.2. The van der Waals surface area contributed by atoms with Crippen LogP contribution in [0.3, 0.4) is 0 Å². The molecule has 0 amide bonds. The Morgan fingerprint density at radius 1 is 0.959 bits per heavy atom. The molecule has 7 rings (SSSR count). The maximum Gasteiger partial charge on any atom is 0.338 e. The quantitative estimate of drug-likeness (QED) is 0.336. The van der Waals surface area contributed by atoms with Crippen LogP contribution >= 0.6 is 0 Å². The van der Waals surface area contributed by atoms with Gasteiger partial charge in [0.1, 0.15) is 17.3 Å². The third-order valence-electron chi connectivity index (χ3n) is 13.6. The van der Waals surface area contributed by atoms with Crippen molar-refractivity contribution < 1.29 is 58.1 Å². The van der Waals surface area contributed by atoms with Gasteiger partial charge in [0.2, 0.25) is 0 Å². The fourth-order valence-electron chi connectivity index (χ4n) is 12.7. The molecule has 1 aromatic carbocycles. The lowest BCUT2D eigenvalue weighted by molar-refractivity contribution is -0.287. The molecule has 6 fully saturated rings. The van der Waals surface area contributed by atoms with Crippen molar-refractivity contribution in [1.82, 2.24) is 4.90 Å². The van der Waals surface area contributed by atoms with Gasteiger partial charge in [0.15, 0.2) is 11.5 Å². The van der Waals surface area contributed by atoms with Crippen molar-refractivity contribution in [3.63, 3.8) is 0 Å². The summed E-state index contributed by atoms with van der Waals surface area (Å²) in [6.45, 7) is 5.75. The molecule has 7 bridgehead atoms. The molecule has 3 N–H and O–H groups in total. The van der Waals surface area contributed by atoms with Gasteiger partial charge in [-0.3, -0.25) is 9.69 Å². The Labute approximate surface area is 288 Å². The molecule has 1 spiro atoms. The largest absolute Gasteiger partial charge is 0.493 e. The average Bonchev–Trinajstić information content (AvgIpc) is 3.45. The van der Waals surface area contributed by atoms with Gasteiger partial charge in [0.05, 0.1) is 44.7 Å².